The van der Waals surface area contributed by atoms with Crippen LogP contribution < -0.4 is 0 Å². The Labute approximate surface area is 82.4 Å². The number of rotatable bonds is 1. The van der Waals surface area contributed by atoms with Crippen molar-refractivity contribution < 1.29 is 0 Å². The summed E-state index contributed by atoms with van der Waals surface area (Å²) in [5, 5.41) is 0. The first-order valence-electron chi connectivity index (χ1n) is 5.94. The van der Waals surface area contributed by atoms with E-state index in [0.717, 1.165) is 23.7 Å². The van der Waals surface area contributed by atoms with Gasteiger partial charge in [-0.3, -0.25) is 0 Å². The molecule has 0 aromatic rings. The molecule has 0 radical (unpaired) electrons. The lowest BCUT2D eigenvalue weighted by Crippen LogP contribution is -2.27. The van der Waals surface area contributed by atoms with Crippen LogP contribution in [0.15, 0.2) is 12.2 Å². The molecule has 0 heterocycles. The largest absolute Gasteiger partial charge is 0.0882 e. The van der Waals surface area contributed by atoms with E-state index in [-0.39, 0.29) is 0 Å². The molecule has 0 saturated heterocycles. The third kappa shape index (κ3) is 1.98. The first-order valence-corrected chi connectivity index (χ1v) is 5.94. The summed E-state index contributed by atoms with van der Waals surface area (Å²) in [6.07, 6.45) is 12.1. The molecule has 2 aliphatic rings. The molecule has 0 nitrogen and oxygen atoms in total. The molecule has 13 heavy (non-hydrogen) atoms. The van der Waals surface area contributed by atoms with Gasteiger partial charge in [0.2, 0.25) is 0 Å². The van der Waals surface area contributed by atoms with Gasteiger partial charge < -0.3 is 0 Å². The van der Waals surface area contributed by atoms with Crippen LogP contribution in [0.4, 0.5) is 0 Å². The van der Waals surface area contributed by atoms with Crippen molar-refractivity contribution in [1.29, 1.82) is 0 Å². The van der Waals surface area contributed by atoms with E-state index in [0.29, 0.717) is 0 Å². The van der Waals surface area contributed by atoms with E-state index in [1.807, 2.05) is 0 Å². The Morgan fingerprint density at radius 1 is 1.15 bits per heavy atom. The number of fused-ring (bicyclic) bond motifs is 1. The van der Waals surface area contributed by atoms with Gasteiger partial charge in [-0.25, -0.2) is 0 Å². The van der Waals surface area contributed by atoms with Gasteiger partial charge in [-0.1, -0.05) is 26.0 Å². The number of hydrogen-bond acceptors (Lipinski definition) is 0. The van der Waals surface area contributed by atoms with Crippen molar-refractivity contribution in [3.8, 4) is 0 Å². The van der Waals surface area contributed by atoms with Crippen LogP contribution in [0.5, 0.6) is 0 Å². The van der Waals surface area contributed by atoms with E-state index >= 15 is 0 Å². The van der Waals surface area contributed by atoms with Gasteiger partial charge in [0.1, 0.15) is 0 Å². The summed E-state index contributed by atoms with van der Waals surface area (Å²) in [5.74, 6) is 3.91. The topological polar surface area (TPSA) is 0 Å². The van der Waals surface area contributed by atoms with E-state index in [9.17, 15) is 0 Å². The maximum atomic E-state index is 2.49. The number of allylic oxidation sites excluding steroid dienone is 2. The van der Waals surface area contributed by atoms with Crippen LogP contribution in [0.25, 0.3) is 0 Å². The summed E-state index contributed by atoms with van der Waals surface area (Å²) in [7, 11) is 0. The fourth-order valence-corrected chi connectivity index (χ4v) is 3.10. The minimum absolute atomic E-state index is 0.909. The normalized spacial score (nSPS) is 39.2. The number of hydrogen-bond donors (Lipinski definition) is 0. The Kier molecular flexibility index (Phi) is 2.76. The molecule has 0 aromatic heterocycles. The lowest BCUT2D eigenvalue weighted by atomic mass is 9.67. The molecule has 0 amide bonds. The average Bonchev–Trinajstić information content (AvgIpc) is 2.17. The third-order valence-corrected chi connectivity index (χ3v) is 4.11. The Morgan fingerprint density at radius 2 is 2.00 bits per heavy atom. The van der Waals surface area contributed by atoms with Crippen molar-refractivity contribution in [3.05, 3.63) is 12.2 Å². The summed E-state index contributed by atoms with van der Waals surface area (Å²) in [5.41, 5.74) is 0. The first-order chi connectivity index (χ1) is 6.27. The molecule has 2 rings (SSSR count). The summed E-state index contributed by atoms with van der Waals surface area (Å²) in [6, 6.07) is 0. The molecular weight excluding hydrogens is 156 g/mol. The summed E-state index contributed by atoms with van der Waals surface area (Å²) in [4.78, 5) is 0. The smallest absolute Gasteiger partial charge is 0.0205 e. The molecule has 74 valence electrons. The predicted molar refractivity (Wildman–Crippen MR) is 57.5 cm³/mol. The van der Waals surface area contributed by atoms with Gasteiger partial charge in [0.05, 0.1) is 0 Å². The highest BCUT2D eigenvalue weighted by molar-refractivity contribution is 4.99. The summed E-state index contributed by atoms with van der Waals surface area (Å²) in [6.45, 7) is 4.79. The van der Waals surface area contributed by atoms with Gasteiger partial charge in [-0.05, 0) is 55.8 Å². The van der Waals surface area contributed by atoms with Crippen molar-refractivity contribution in [2.75, 3.05) is 0 Å². The molecule has 3 atom stereocenters. The molecule has 0 aromatic carbocycles. The van der Waals surface area contributed by atoms with Crippen LogP contribution in [0.2, 0.25) is 0 Å². The fraction of sp³-hybridized carbons (Fsp3) is 0.846. The van der Waals surface area contributed by atoms with E-state index in [1.54, 1.807) is 0 Å². The Balaban J connectivity index is 1.97. The van der Waals surface area contributed by atoms with Crippen molar-refractivity contribution in [3.63, 3.8) is 0 Å². The van der Waals surface area contributed by atoms with Crippen LogP contribution in [0, 0.1) is 23.7 Å². The molecule has 1 saturated carbocycles. The van der Waals surface area contributed by atoms with Crippen molar-refractivity contribution >= 4 is 0 Å². The van der Waals surface area contributed by atoms with Gasteiger partial charge in [-0.15, -0.1) is 0 Å². The van der Waals surface area contributed by atoms with E-state index in [1.165, 1.54) is 32.1 Å². The molecule has 0 heteroatoms. The van der Waals surface area contributed by atoms with Crippen LogP contribution in [-0.2, 0) is 0 Å². The average molecular weight is 178 g/mol. The van der Waals surface area contributed by atoms with Crippen molar-refractivity contribution in [2.24, 2.45) is 23.7 Å². The standard InChI is InChI=1S/C13H22/c1-10(2)12-8-7-11-5-3-4-6-13(11)9-12/h3,5,10-13H,4,6-9H2,1-2H3. The van der Waals surface area contributed by atoms with Gasteiger partial charge in [0.15, 0.2) is 0 Å². The Bertz CT molecular complexity index is 190. The van der Waals surface area contributed by atoms with E-state index in [2.05, 4.69) is 26.0 Å². The SMILES string of the molecule is CC(C)C1CCC2C=CCCC2C1. The molecule has 0 aliphatic heterocycles. The highest BCUT2D eigenvalue weighted by atomic mass is 14.4. The fourth-order valence-electron chi connectivity index (χ4n) is 3.10. The zero-order valence-electron chi connectivity index (χ0n) is 9.00. The molecule has 0 N–H and O–H groups in total. The van der Waals surface area contributed by atoms with E-state index in [4.69, 9.17) is 0 Å². The zero-order valence-corrected chi connectivity index (χ0v) is 9.00. The maximum Gasteiger partial charge on any atom is -0.0205 e. The highest BCUT2D eigenvalue weighted by Gasteiger charge is 2.30. The lowest BCUT2D eigenvalue weighted by molar-refractivity contribution is 0.162. The van der Waals surface area contributed by atoms with Gasteiger partial charge in [0.25, 0.3) is 0 Å². The quantitative estimate of drug-likeness (QED) is 0.532. The van der Waals surface area contributed by atoms with Crippen LogP contribution in [-0.4, -0.2) is 0 Å². The van der Waals surface area contributed by atoms with Crippen molar-refractivity contribution in [2.45, 2.75) is 46.0 Å². The van der Waals surface area contributed by atoms with Crippen LogP contribution in [0.1, 0.15) is 46.0 Å². The monoisotopic (exact) mass is 178 g/mol. The second kappa shape index (κ2) is 3.86. The van der Waals surface area contributed by atoms with Crippen LogP contribution >= 0.6 is 0 Å². The minimum Gasteiger partial charge on any atom is -0.0882 e. The van der Waals surface area contributed by atoms with Crippen LogP contribution in [0.3, 0.4) is 0 Å². The minimum atomic E-state index is 0.909. The third-order valence-electron chi connectivity index (χ3n) is 4.11. The molecule has 0 bridgehead atoms. The highest BCUT2D eigenvalue weighted by Crippen LogP contribution is 2.42. The van der Waals surface area contributed by atoms with Gasteiger partial charge in [0, 0.05) is 0 Å². The predicted octanol–water partition coefficient (Wildman–Crippen LogP) is 4.02. The summed E-state index contributed by atoms with van der Waals surface area (Å²) < 4.78 is 0. The summed E-state index contributed by atoms with van der Waals surface area (Å²) >= 11 is 0. The lowest BCUT2D eigenvalue weighted by Gasteiger charge is -2.38. The maximum absolute atomic E-state index is 2.49. The van der Waals surface area contributed by atoms with Gasteiger partial charge in [-0.2, -0.15) is 0 Å². The molecule has 2 aliphatic carbocycles. The zero-order chi connectivity index (χ0) is 9.26. The second-order valence-electron chi connectivity index (χ2n) is 5.25. The molecule has 0 spiro atoms. The molecule has 3 unspecified atom stereocenters. The first kappa shape index (κ1) is 9.30. The molecule has 1 fully saturated rings. The Hall–Kier alpha value is -0.260. The van der Waals surface area contributed by atoms with Crippen molar-refractivity contribution in [1.82, 2.24) is 0 Å². The van der Waals surface area contributed by atoms with Gasteiger partial charge >= 0.3 is 0 Å². The second-order valence-corrected chi connectivity index (χ2v) is 5.25. The molecular formula is C13H22. The van der Waals surface area contributed by atoms with E-state index < -0.39 is 0 Å². The Morgan fingerprint density at radius 3 is 2.77 bits per heavy atom.